The van der Waals surface area contributed by atoms with E-state index in [1.807, 2.05) is 23.6 Å². The van der Waals surface area contributed by atoms with Gasteiger partial charge < -0.3 is 14.2 Å². The fourth-order valence-corrected chi connectivity index (χ4v) is 16.9. The number of carbonyl (C=O) groups excluding carboxylic acids is 2. The third kappa shape index (κ3) is 28.2. The maximum absolute atomic E-state index is 13.1. The van der Waals surface area contributed by atoms with Gasteiger partial charge in [-0.25, -0.2) is 22.6 Å². The predicted octanol–water partition coefficient (Wildman–Crippen LogP) is 19.6. The van der Waals surface area contributed by atoms with E-state index < -0.39 is 16.1 Å². The fourth-order valence-electron chi connectivity index (χ4n) is 13.0. The summed E-state index contributed by atoms with van der Waals surface area (Å²) in [5.74, 6) is 2.96. The Labute approximate surface area is 592 Å². The Morgan fingerprint density at radius 3 is 2.01 bits per heavy atom. The number of aromatic nitrogens is 8. The number of nitrogens with one attached hydrogen (secondary N) is 4. The van der Waals surface area contributed by atoms with Crippen molar-refractivity contribution in [3.05, 3.63) is 64.0 Å². The van der Waals surface area contributed by atoms with E-state index in [0.717, 1.165) is 109 Å². The average Bonchev–Trinajstić information content (AvgIpc) is 1.62. The number of ether oxygens (including phenoxy) is 3. The van der Waals surface area contributed by atoms with Crippen molar-refractivity contribution in [3.8, 4) is 5.75 Å². The Bertz CT molecular complexity index is 3140. The van der Waals surface area contributed by atoms with Gasteiger partial charge in [-0.2, -0.15) is 4.63 Å². The highest BCUT2D eigenvalue weighted by molar-refractivity contribution is 8.13. The summed E-state index contributed by atoms with van der Waals surface area (Å²) in [6.07, 6.45) is 47.7. The quantitative estimate of drug-likeness (QED) is 0.0124. The molecular formula is C75H125ClN10O7S3. The molecule has 4 N–H and O–H groups in total. The Hall–Kier alpha value is -3.92. The monoisotopic (exact) mass is 1410 g/mol. The van der Waals surface area contributed by atoms with Crippen LogP contribution < -0.4 is 14.8 Å². The topological polar surface area (TPSA) is 212 Å². The van der Waals surface area contributed by atoms with Crippen LogP contribution in [0.2, 0.25) is 5.02 Å². The van der Waals surface area contributed by atoms with Gasteiger partial charge in [0, 0.05) is 35.7 Å². The van der Waals surface area contributed by atoms with Crippen LogP contribution in [0, 0.1) is 31.6 Å². The third-order valence-corrected chi connectivity index (χ3v) is 23.6. The molecular weight excluding hydrogens is 1280 g/mol. The number of rotatable bonds is 48. The number of aryl methyl sites for hydroxylation is 3. The first kappa shape index (κ1) is 81.0. The van der Waals surface area contributed by atoms with Gasteiger partial charge in [0.05, 0.1) is 59.2 Å². The molecule has 0 bridgehead atoms. The summed E-state index contributed by atoms with van der Waals surface area (Å²) in [5, 5.41) is 24.2. The van der Waals surface area contributed by atoms with Crippen LogP contribution in [-0.4, -0.2) is 103 Å². The van der Waals surface area contributed by atoms with Crippen LogP contribution in [0.3, 0.4) is 0 Å². The Kier molecular flexibility index (Phi) is 38.0. The first-order valence-electron chi connectivity index (χ1n) is 37.8. The van der Waals surface area contributed by atoms with Gasteiger partial charge in [-0.1, -0.05) is 249 Å². The molecule has 542 valence electrons. The highest BCUT2D eigenvalue weighted by Gasteiger charge is 2.35. The van der Waals surface area contributed by atoms with E-state index in [0.29, 0.717) is 52.1 Å². The molecule has 0 amide bonds. The van der Waals surface area contributed by atoms with Crippen molar-refractivity contribution in [2.75, 3.05) is 38.0 Å². The number of hydrogen-bond donors (Lipinski definition) is 4. The lowest BCUT2D eigenvalue weighted by atomic mass is 9.81. The second kappa shape index (κ2) is 45.1. The molecule has 17 nitrogen and oxygen atoms in total. The zero-order valence-corrected chi connectivity index (χ0v) is 63.8. The number of benzene rings is 1. The number of aromatic amines is 2. The molecule has 2 aliphatic carbocycles. The molecule has 2 aliphatic rings. The summed E-state index contributed by atoms with van der Waals surface area (Å²) in [4.78, 5) is 32.6. The summed E-state index contributed by atoms with van der Waals surface area (Å²) < 4.78 is 50.3. The minimum absolute atomic E-state index is 0.146. The van der Waals surface area contributed by atoms with Crippen molar-refractivity contribution in [3.63, 3.8) is 0 Å². The number of thioether (sulfide) groups is 1. The normalized spacial score (nSPS) is 17.4. The summed E-state index contributed by atoms with van der Waals surface area (Å²) in [5.41, 5.74) is 4.06. The van der Waals surface area contributed by atoms with Crippen LogP contribution >= 0.6 is 35.1 Å². The van der Waals surface area contributed by atoms with Gasteiger partial charge in [0.25, 0.3) is 0 Å². The highest BCUT2D eigenvalue weighted by Crippen LogP contribution is 2.41. The molecule has 3 unspecified atom stereocenters. The van der Waals surface area contributed by atoms with E-state index in [4.69, 9.17) is 30.8 Å². The third-order valence-electron chi connectivity index (χ3n) is 19.1. The molecule has 0 saturated heterocycles. The summed E-state index contributed by atoms with van der Waals surface area (Å²) in [7, 11) is -3.66. The maximum Gasteiger partial charge on any atom is 0.311 e. The van der Waals surface area contributed by atoms with Gasteiger partial charge in [-0.15, -0.1) is 15.3 Å². The van der Waals surface area contributed by atoms with E-state index in [2.05, 4.69) is 102 Å². The number of carbonyl (C=O) groups is 2. The molecule has 4 aromatic heterocycles. The second-order valence-corrected chi connectivity index (χ2v) is 32.5. The standard InChI is InChI=1S/C46H76N6O6S2.C29H49ClN4OS/c1-6-8-10-11-12-13-14-15-16-17-18-19-20-21-22-25-32-57-46(53)39-26-23-24-27-40(39)58-35-47-30-33-60(54,55)51-38(5)44-48-45-43(37(4)49-52(45)50-44)59-42-34-36(3)28-29-41(42)56-31-9-7-2;1-5-6-7-8-9-10-11-12-13-14-15-20-24-31-32-27-25(30)26(33-34(24)27)29(3,4)21-36-28(35)23-19-17-16-18-22(23)2/h15-16,28-29,34,38-40,47,49,51H,6-14,17-27,30-33,35H2,1-5H3;22-23,33H,5-21H2,1-4H3/t38?,39-,40?;22-,23?/m11/s1. The van der Waals surface area contributed by atoms with Crippen LogP contribution in [-0.2, 0) is 40.9 Å². The van der Waals surface area contributed by atoms with Crippen molar-refractivity contribution < 1.29 is 32.2 Å². The SMILES string of the molecule is CCCCCCCCC=CCCCCCCCCOC(=O)[C@@H]1CCCCC1OCNCCS(=O)(=O)NC(C)c1nc2c(Sc3cc(C)ccc3OCCCC)c(C)[nH]n2n1.CCCCCCCCCCCCCc1nnc2c(Cl)c(C(C)(C)CSC(=O)C3CCCC[C@H]3C)[nH]n12. The number of sulfonamides is 1. The minimum Gasteiger partial charge on any atom is -0.492 e. The zero-order chi connectivity index (χ0) is 69.0. The molecule has 2 saturated carbocycles. The molecule has 4 heterocycles. The van der Waals surface area contributed by atoms with Crippen molar-refractivity contribution >= 4 is 67.5 Å². The molecule has 7 rings (SSSR count). The van der Waals surface area contributed by atoms with Gasteiger partial charge in [0.2, 0.25) is 10.0 Å². The number of unbranched alkanes of at least 4 members (excludes halogenated alkanes) is 23. The van der Waals surface area contributed by atoms with Gasteiger partial charge in [-0.05, 0) is 115 Å². The number of hydrogen-bond acceptors (Lipinski definition) is 14. The Morgan fingerprint density at radius 2 is 1.35 bits per heavy atom. The van der Waals surface area contributed by atoms with Crippen LogP contribution in [0.5, 0.6) is 5.75 Å². The fraction of sp³-hybridized carbons (Fsp3) is 0.760. The van der Waals surface area contributed by atoms with E-state index >= 15 is 0 Å². The summed E-state index contributed by atoms with van der Waals surface area (Å²) >= 11 is 9.81. The highest BCUT2D eigenvalue weighted by atomic mass is 35.5. The Morgan fingerprint density at radius 1 is 0.750 bits per heavy atom. The van der Waals surface area contributed by atoms with Gasteiger partial charge in [0.15, 0.2) is 28.1 Å². The van der Waals surface area contributed by atoms with Crippen LogP contribution in [0.15, 0.2) is 40.1 Å². The van der Waals surface area contributed by atoms with E-state index in [-0.39, 0.29) is 48.4 Å². The predicted molar refractivity (Wildman–Crippen MR) is 397 cm³/mol. The van der Waals surface area contributed by atoms with E-state index in [1.165, 1.54) is 172 Å². The van der Waals surface area contributed by atoms with Crippen LogP contribution in [0.4, 0.5) is 0 Å². The summed E-state index contributed by atoms with van der Waals surface area (Å²) in [6.45, 7) is 20.4. The van der Waals surface area contributed by atoms with E-state index in [9.17, 15) is 18.0 Å². The lowest BCUT2D eigenvalue weighted by Gasteiger charge is -2.30. The first-order valence-corrected chi connectivity index (χ1v) is 41.6. The summed E-state index contributed by atoms with van der Waals surface area (Å²) in [6, 6.07) is 5.51. The molecule has 2 fully saturated rings. The van der Waals surface area contributed by atoms with Gasteiger partial charge in [0.1, 0.15) is 10.8 Å². The zero-order valence-electron chi connectivity index (χ0n) is 60.6. The molecule has 96 heavy (non-hydrogen) atoms. The number of nitrogens with zero attached hydrogens (tertiary/aromatic N) is 6. The Balaban J connectivity index is 0.000000344. The lowest BCUT2D eigenvalue weighted by molar-refractivity contribution is -0.157. The number of allylic oxidation sites excluding steroid dienone is 2. The van der Waals surface area contributed by atoms with Crippen molar-refractivity contribution in [2.45, 2.75) is 321 Å². The largest absolute Gasteiger partial charge is 0.492 e. The number of halogens is 1. The van der Waals surface area contributed by atoms with Crippen molar-refractivity contribution in [2.24, 2.45) is 17.8 Å². The maximum atomic E-state index is 13.1. The molecule has 5 aromatic rings. The molecule has 0 radical (unpaired) electrons. The van der Waals surface area contributed by atoms with Crippen LogP contribution in [0.1, 0.15) is 308 Å². The minimum atomic E-state index is -3.66. The molecule has 21 heteroatoms. The lowest BCUT2D eigenvalue weighted by Crippen LogP contribution is -2.38. The first-order chi connectivity index (χ1) is 46.5. The van der Waals surface area contributed by atoms with E-state index in [1.54, 1.807) is 23.3 Å². The molecule has 5 atom stereocenters. The molecule has 1 aromatic carbocycles. The molecule has 0 aliphatic heterocycles. The van der Waals surface area contributed by atoms with Crippen LogP contribution in [0.25, 0.3) is 11.3 Å². The number of fused-ring (bicyclic) bond motifs is 2. The van der Waals surface area contributed by atoms with Crippen molar-refractivity contribution in [1.29, 1.82) is 0 Å². The molecule has 0 spiro atoms. The number of esters is 1. The average molecular weight is 1410 g/mol. The number of H-pyrrole nitrogens is 2. The van der Waals surface area contributed by atoms with Gasteiger partial charge >= 0.3 is 5.97 Å². The van der Waals surface area contributed by atoms with Crippen molar-refractivity contribution in [1.82, 2.24) is 49.7 Å². The second-order valence-electron chi connectivity index (χ2n) is 28.3. The smallest absolute Gasteiger partial charge is 0.311 e. The van der Waals surface area contributed by atoms with Gasteiger partial charge in [-0.3, -0.25) is 25.1 Å².